The van der Waals surface area contributed by atoms with Crippen molar-refractivity contribution in [2.24, 2.45) is 0 Å². The van der Waals surface area contributed by atoms with Gasteiger partial charge in [-0.05, 0) is 36.6 Å². The molecule has 0 bridgehead atoms. The fraction of sp³-hybridized carbons (Fsp3) is 0.364. The normalized spacial score (nSPS) is 22.4. The second kappa shape index (κ2) is 9.56. The highest BCUT2D eigenvalue weighted by Crippen LogP contribution is 2.57. The van der Waals surface area contributed by atoms with E-state index in [1.807, 2.05) is 5.32 Å². The van der Waals surface area contributed by atoms with Crippen LogP contribution in [0.4, 0.5) is 22.0 Å². The van der Waals surface area contributed by atoms with Gasteiger partial charge in [-0.2, -0.15) is 18.3 Å². The van der Waals surface area contributed by atoms with Crippen LogP contribution in [0.2, 0.25) is 0 Å². The monoisotopic (exact) mass is 500 g/mol. The number of unbranched alkanes of at least 4 members (excludes halogenated alkanes) is 1. The van der Waals surface area contributed by atoms with E-state index in [1.54, 1.807) is 6.92 Å². The number of alkyl halides is 3. The van der Waals surface area contributed by atoms with Crippen LogP contribution in [-0.2, 0) is 20.7 Å². The number of amides is 1. The highest BCUT2D eigenvalue weighted by molar-refractivity contribution is 5.99. The largest absolute Gasteiger partial charge is 0.480 e. The van der Waals surface area contributed by atoms with Gasteiger partial charge in [0.2, 0.25) is 5.54 Å². The van der Waals surface area contributed by atoms with Crippen molar-refractivity contribution in [2.75, 3.05) is 6.54 Å². The van der Waals surface area contributed by atoms with Crippen LogP contribution in [0, 0.1) is 11.6 Å². The molecule has 1 aliphatic rings. The van der Waals surface area contributed by atoms with E-state index in [9.17, 15) is 32.3 Å². The molecule has 2 unspecified atom stereocenters. The lowest BCUT2D eigenvalue weighted by molar-refractivity contribution is -0.254. The molecule has 1 amide bonds. The molecular formula is C22H21F5N4O4. The summed E-state index contributed by atoms with van der Waals surface area (Å²) in [5.74, 6) is -5.10. The van der Waals surface area contributed by atoms with Gasteiger partial charge in [-0.1, -0.05) is 19.4 Å². The van der Waals surface area contributed by atoms with Crippen molar-refractivity contribution < 1.29 is 41.8 Å². The highest BCUT2D eigenvalue weighted by atomic mass is 19.4. The summed E-state index contributed by atoms with van der Waals surface area (Å²) in [5, 5.41) is 26.5. The molecule has 0 fully saturated rings. The summed E-state index contributed by atoms with van der Waals surface area (Å²) in [5.41, 5.74) is -8.80. The predicted octanol–water partition coefficient (Wildman–Crippen LogP) is 2.96. The van der Waals surface area contributed by atoms with Crippen LogP contribution in [0.5, 0.6) is 0 Å². The van der Waals surface area contributed by atoms with E-state index in [0.717, 1.165) is 12.4 Å². The Morgan fingerprint density at radius 2 is 1.94 bits per heavy atom. The van der Waals surface area contributed by atoms with Crippen molar-refractivity contribution in [3.05, 3.63) is 71.3 Å². The molecule has 1 heterocycles. The Bertz CT molecular complexity index is 1180. The van der Waals surface area contributed by atoms with Gasteiger partial charge in [0.15, 0.2) is 5.60 Å². The quantitative estimate of drug-likeness (QED) is 0.480. The summed E-state index contributed by atoms with van der Waals surface area (Å²) in [6.07, 6.45) is -2.37. The fourth-order valence-electron chi connectivity index (χ4n) is 4.20. The van der Waals surface area contributed by atoms with Crippen molar-refractivity contribution >= 4 is 11.9 Å². The van der Waals surface area contributed by atoms with E-state index in [-0.39, 0.29) is 12.8 Å². The molecule has 0 aliphatic heterocycles. The molecule has 8 nitrogen and oxygen atoms in total. The molecule has 2 aromatic rings. The first-order valence-electron chi connectivity index (χ1n) is 10.4. The summed E-state index contributed by atoms with van der Waals surface area (Å²) in [7, 11) is 0. The summed E-state index contributed by atoms with van der Waals surface area (Å²) >= 11 is 0. The summed E-state index contributed by atoms with van der Waals surface area (Å²) in [6, 6.07) is 1.66. The van der Waals surface area contributed by atoms with E-state index in [1.165, 1.54) is 0 Å². The van der Waals surface area contributed by atoms with Crippen molar-refractivity contribution in [3.8, 4) is 0 Å². The van der Waals surface area contributed by atoms with Gasteiger partial charge in [-0.3, -0.25) is 9.59 Å². The van der Waals surface area contributed by atoms with Crippen molar-refractivity contribution in [1.82, 2.24) is 20.1 Å². The lowest BCUT2D eigenvalue weighted by Crippen LogP contribution is -2.63. The standard InChI is InChI=1S/C22H21F5N4O4/c1-2-3-4-15-14(19(34)29-10-18(32)33)7-8-20(22(25,26)27,31-12-28-11-30-31)21(15,35)16-6-5-13(23)9-17(16)24/h5-9,11-12,35H,2-4,10H2,1H3,(H,29,34)(H,32,33). The third-order valence-electron chi connectivity index (χ3n) is 5.76. The zero-order valence-electron chi connectivity index (χ0n) is 18.3. The highest BCUT2D eigenvalue weighted by Gasteiger charge is 2.71. The molecule has 0 radical (unpaired) electrons. The number of benzene rings is 1. The maximum Gasteiger partial charge on any atom is 0.420 e. The summed E-state index contributed by atoms with van der Waals surface area (Å²) in [4.78, 5) is 27.3. The number of carboxylic acids is 1. The Kier molecular flexibility index (Phi) is 7.11. The van der Waals surface area contributed by atoms with Crippen LogP contribution in [-0.4, -0.2) is 49.6 Å². The molecule has 13 heteroatoms. The number of rotatable bonds is 8. The second-order valence-electron chi connectivity index (χ2n) is 7.84. The van der Waals surface area contributed by atoms with E-state index in [2.05, 4.69) is 10.1 Å². The minimum atomic E-state index is -5.34. The van der Waals surface area contributed by atoms with Crippen molar-refractivity contribution in [3.63, 3.8) is 0 Å². The average Bonchev–Trinajstić information content (AvgIpc) is 3.30. The Morgan fingerprint density at radius 3 is 2.49 bits per heavy atom. The second-order valence-corrected chi connectivity index (χ2v) is 7.84. The van der Waals surface area contributed by atoms with E-state index in [0.29, 0.717) is 41.7 Å². The number of hydrogen-bond donors (Lipinski definition) is 3. The molecule has 3 N–H and O–H groups in total. The smallest absolute Gasteiger partial charge is 0.420 e. The van der Waals surface area contributed by atoms with Gasteiger partial charge in [-0.15, -0.1) is 0 Å². The maximum atomic E-state index is 15.1. The van der Waals surface area contributed by atoms with Crippen LogP contribution in [0.15, 0.2) is 54.2 Å². The van der Waals surface area contributed by atoms with Gasteiger partial charge in [0.05, 0.1) is 0 Å². The number of halogens is 5. The minimum Gasteiger partial charge on any atom is -0.480 e. The van der Waals surface area contributed by atoms with Crippen molar-refractivity contribution in [1.29, 1.82) is 0 Å². The topological polar surface area (TPSA) is 117 Å². The molecule has 1 aromatic carbocycles. The molecule has 2 atom stereocenters. The number of aliphatic hydroxyl groups is 1. The van der Waals surface area contributed by atoms with Crippen LogP contribution in [0.3, 0.4) is 0 Å². The van der Waals surface area contributed by atoms with Crippen LogP contribution in [0.1, 0.15) is 31.7 Å². The third-order valence-corrected chi connectivity index (χ3v) is 5.76. The number of nitrogens with one attached hydrogen (secondary N) is 1. The van der Waals surface area contributed by atoms with Crippen molar-refractivity contribution in [2.45, 2.75) is 43.5 Å². The Morgan fingerprint density at radius 1 is 1.23 bits per heavy atom. The minimum absolute atomic E-state index is 0.176. The number of hydrogen-bond acceptors (Lipinski definition) is 5. The van der Waals surface area contributed by atoms with Gasteiger partial charge in [-0.25, -0.2) is 18.4 Å². The number of aliphatic carboxylic acids is 1. The number of carbonyl (C=O) groups is 2. The maximum absolute atomic E-state index is 15.1. The van der Waals surface area contributed by atoms with Gasteiger partial charge in [0, 0.05) is 17.2 Å². The molecule has 3 rings (SSSR count). The molecule has 0 spiro atoms. The predicted molar refractivity (Wildman–Crippen MR) is 111 cm³/mol. The van der Waals surface area contributed by atoms with Gasteiger partial charge >= 0.3 is 12.1 Å². The average molecular weight is 500 g/mol. The lowest BCUT2D eigenvalue weighted by Gasteiger charge is -2.49. The molecule has 0 saturated carbocycles. The molecule has 35 heavy (non-hydrogen) atoms. The Labute approximate surface area is 195 Å². The molecule has 1 aromatic heterocycles. The fourth-order valence-corrected chi connectivity index (χ4v) is 4.20. The molecular weight excluding hydrogens is 479 g/mol. The number of nitrogens with zero attached hydrogens (tertiary/aromatic N) is 3. The van der Waals surface area contributed by atoms with Gasteiger partial charge in [0.1, 0.15) is 30.8 Å². The summed E-state index contributed by atoms with van der Waals surface area (Å²) in [6.45, 7) is 0.851. The van der Waals surface area contributed by atoms with Gasteiger partial charge in [0.25, 0.3) is 5.91 Å². The summed E-state index contributed by atoms with van der Waals surface area (Å²) < 4.78 is 73.9. The Hall–Kier alpha value is -3.61. The number of carbonyl (C=O) groups excluding carboxylic acids is 1. The lowest BCUT2D eigenvalue weighted by atomic mass is 9.64. The number of carboxylic acid groups (broad SMARTS) is 1. The van der Waals surface area contributed by atoms with E-state index >= 15 is 4.39 Å². The first kappa shape index (κ1) is 26.0. The van der Waals surface area contributed by atoms with Crippen LogP contribution < -0.4 is 5.32 Å². The van der Waals surface area contributed by atoms with Gasteiger partial charge < -0.3 is 15.5 Å². The SMILES string of the molecule is CCCCC1=C(C(=O)NCC(=O)O)C=CC(n2cncn2)(C(F)(F)F)C1(O)c1ccc(F)cc1F. The zero-order chi connectivity index (χ0) is 26.0. The molecule has 0 saturated heterocycles. The van der Waals surface area contributed by atoms with Crippen LogP contribution >= 0.6 is 0 Å². The first-order chi connectivity index (χ1) is 16.4. The number of aromatic nitrogens is 3. The Balaban J connectivity index is 2.43. The van der Waals surface area contributed by atoms with E-state index in [4.69, 9.17) is 5.11 Å². The molecule has 188 valence electrons. The zero-order valence-corrected chi connectivity index (χ0v) is 18.3. The van der Waals surface area contributed by atoms with E-state index < -0.39 is 64.1 Å². The van der Waals surface area contributed by atoms with Crippen LogP contribution in [0.25, 0.3) is 0 Å². The first-order valence-corrected chi connectivity index (χ1v) is 10.4. The third kappa shape index (κ3) is 4.31. The molecule has 1 aliphatic carbocycles.